The summed E-state index contributed by atoms with van der Waals surface area (Å²) in [6, 6.07) is 6.66. The van der Waals surface area contributed by atoms with Crippen LogP contribution in [0.15, 0.2) is 24.3 Å². The van der Waals surface area contributed by atoms with Crippen LogP contribution >= 0.6 is 0 Å². The van der Waals surface area contributed by atoms with Gasteiger partial charge >= 0.3 is 0 Å². The number of hydrogen-bond donors (Lipinski definition) is 3. The molecule has 2 atom stereocenters. The summed E-state index contributed by atoms with van der Waals surface area (Å²) in [6.07, 6.45) is 2.53. The number of ketones is 1. The molecule has 1 aromatic rings. The Hall–Kier alpha value is -2.45. The first-order chi connectivity index (χ1) is 12.9. The van der Waals surface area contributed by atoms with Crippen molar-refractivity contribution in [2.75, 3.05) is 20.2 Å². The van der Waals surface area contributed by atoms with Crippen molar-refractivity contribution in [3.63, 3.8) is 0 Å². The second kappa shape index (κ2) is 12.0. The first-order valence-electron chi connectivity index (χ1n) is 9.01. The molecule has 0 bridgehead atoms. The Balaban J connectivity index is 2.51. The van der Waals surface area contributed by atoms with Crippen LogP contribution in [0.3, 0.4) is 0 Å². The molecule has 0 heterocycles. The predicted molar refractivity (Wildman–Crippen MR) is 100 cm³/mol. The van der Waals surface area contributed by atoms with Crippen LogP contribution in [-0.4, -0.2) is 48.6 Å². The summed E-state index contributed by atoms with van der Waals surface area (Å²) in [5.41, 5.74) is 6.85. The standard InChI is InChI=1S/C19H29N3O5/c1-3-4-5-15(12-22(26)13-23)19(25)21-11-16(24)10-18(20)14-6-8-17(27-2)9-7-14/h6-9,13,15,18,26H,3-5,10-12,20H2,1-2H3,(H,21,25). The highest BCUT2D eigenvalue weighted by Gasteiger charge is 2.21. The smallest absolute Gasteiger partial charge is 0.233 e. The molecule has 0 aromatic heterocycles. The van der Waals surface area contributed by atoms with Gasteiger partial charge in [-0.15, -0.1) is 0 Å². The van der Waals surface area contributed by atoms with Gasteiger partial charge in [-0.1, -0.05) is 31.9 Å². The Labute approximate surface area is 159 Å². The molecule has 0 aliphatic heterocycles. The molecule has 0 saturated heterocycles. The van der Waals surface area contributed by atoms with E-state index in [1.54, 1.807) is 31.4 Å². The van der Waals surface area contributed by atoms with E-state index in [1.807, 2.05) is 6.92 Å². The van der Waals surface area contributed by atoms with E-state index in [1.165, 1.54) is 0 Å². The number of hydroxylamine groups is 2. The van der Waals surface area contributed by atoms with Crippen LogP contribution in [0.2, 0.25) is 0 Å². The number of unbranched alkanes of at least 4 members (excludes halogenated alkanes) is 1. The fourth-order valence-electron chi connectivity index (χ4n) is 2.64. The van der Waals surface area contributed by atoms with Crippen LogP contribution in [0.1, 0.15) is 44.2 Å². The maximum Gasteiger partial charge on any atom is 0.233 e. The van der Waals surface area contributed by atoms with E-state index in [-0.39, 0.29) is 37.6 Å². The van der Waals surface area contributed by atoms with E-state index in [2.05, 4.69) is 5.32 Å². The molecule has 0 aliphatic carbocycles. The lowest BCUT2D eigenvalue weighted by atomic mass is 10.00. The predicted octanol–water partition coefficient (Wildman–Crippen LogP) is 1.42. The number of benzene rings is 1. The fourth-order valence-corrected chi connectivity index (χ4v) is 2.64. The molecule has 2 unspecified atom stereocenters. The first-order valence-corrected chi connectivity index (χ1v) is 9.01. The SMILES string of the molecule is CCCCC(CN(O)C=O)C(=O)NCC(=O)CC(N)c1ccc(OC)cc1. The van der Waals surface area contributed by atoms with Crippen LogP contribution in [0, 0.1) is 5.92 Å². The van der Waals surface area contributed by atoms with Crippen molar-refractivity contribution in [1.82, 2.24) is 10.4 Å². The second-order valence-corrected chi connectivity index (χ2v) is 6.41. The highest BCUT2D eigenvalue weighted by molar-refractivity contribution is 5.87. The number of methoxy groups -OCH3 is 1. The molecule has 0 aliphatic rings. The van der Waals surface area contributed by atoms with Gasteiger partial charge in [-0.3, -0.25) is 19.6 Å². The van der Waals surface area contributed by atoms with Gasteiger partial charge in [0.15, 0.2) is 5.78 Å². The molecular formula is C19H29N3O5. The molecule has 0 saturated carbocycles. The molecule has 8 nitrogen and oxygen atoms in total. The number of nitrogens with one attached hydrogen (secondary N) is 1. The zero-order chi connectivity index (χ0) is 20.2. The summed E-state index contributed by atoms with van der Waals surface area (Å²) in [4.78, 5) is 35.0. The van der Waals surface area contributed by atoms with Crippen molar-refractivity contribution in [2.24, 2.45) is 11.7 Å². The lowest BCUT2D eigenvalue weighted by molar-refractivity contribution is -0.154. The number of rotatable bonds is 13. The zero-order valence-corrected chi connectivity index (χ0v) is 15.9. The summed E-state index contributed by atoms with van der Waals surface area (Å²) >= 11 is 0. The number of nitrogens with zero attached hydrogens (tertiary/aromatic N) is 1. The summed E-state index contributed by atoms with van der Waals surface area (Å²) in [5.74, 6) is -0.424. The van der Waals surface area contributed by atoms with Gasteiger partial charge in [0.25, 0.3) is 0 Å². The molecule has 1 aromatic carbocycles. The summed E-state index contributed by atoms with van der Waals surface area (Å²) in [5, 5.41) is 12.4. The molecule has 4 N–H and O–H groups in total. The Morgan fingerprint density at radius 1 is 1.33 bits per heavy atom. The molecule has 0 radical (unpaired) electrons. The van der Waals surface area contributed by atoms with E-state index in [0.717, 1.165) is 18.4 Å². The summed E-state index contributed by atoms with van der Waals surface area (Å²) < 4.78 is 5.08. The van der Waals surface area contributed by atoms with E-state index in [9.17, 15) is 19.6 Å². The minimum absolute atomic E-state index is 0.0900. The van der Waals surface area contributed by atoms with Gasteiger partial charge in [-0.2, -0.15) is 0 Å². The summed E-state index contributed by atoms with van der Waals surface area (Å²) in [7, 11) is 1.57. The van der Waals surface area contributed by atoms with E-state index < -0.39 is 12.0 Å². The Morgan fingerprint density at radius 3 is 2.56 bits per heavy atom. The third-order valence-electron chi connectivity index (χ3n) is 4.26. The lowest BCUT2D eigenvalue weighted by Gasteiger charge is -2.19. The van der Waals surface area contributed by atoms with Gasteiger partial charge < -0.3 is 15.8 Å². The van der Waals surface area contributed by atoms with Gasteiger partial charge in [0.2, 0.25) is 12.3 Å². The normalized spacial score (nSPS) is 12.7. The van der Waals surface area contributed by atoms with E-state index in [0.29, 0.717) is 17.2 Å². The number of nitrogens with two attached hydrogens (primary N) is 1. The minimum atomic E-state index is -0.566. The van der Waals surface area contributed by atoms with Crippen molar-refractivity contribution in [2.45, 2.75) is 38.6 Å². The Kier molecular flexibility index (Phi) is 10.1. The molecule has 0 spiro atoms. The summed E-state index contributed by atoms with van der Waals surface area (Å²) in [6.45, 7) is 1.74. The van der Waals surface area contributed by atoms with Crippen molar-refractivity contribution in [3.05, 3.63) is 29.8 Å². The van der Waals surface area contributed by atoms with Crippen LogP contribution in [0.4, 0.5) is 0 Å². The van der Waals surface area contributed by atoms with Crippen molar-refractivity contribution < 1.29 is 24.3 Å². The quantitative estimate of drug-likeness (QED) is 0.271. The highest BCUT2D eigenvalue weighted by atomic mass is 16.5. The zero-order valence-electron chi connectivity index (χ0n) is 15.9. The monoisotopic (exact) mass is 379 g/mol. The largest absolute Gasteiger partial charge is 0.497 e. The topological polar surface area (TPSA) is 122 Å². The molecule has 8 heteroatoms. The van der Waals surface area contributed by atoms with Gasteiger partial charge in [0.05, 0.1) is 26.1 Å². The first kappa shape index (κ1) is 22.6. The van der Waals surface area contributed by atoms with E-state index in [4.69, 9.17) is 10.5 Å². The average Bonchev–Trinajstić information content (AvgIpc) is 2.68. The van der Waals surface area contributed by atoms with Gasteiger partial charge in [-0.25, -0.2) is 5.06 Å². The third kappa shape index (κ3) is 8.19. The number of hydrogen-bond acceptors (Lipinski definition) is 6. The van der Waals surface area contributed by atoms with E-state index >= 15 is 0 Å². The van der Waals surface area contributed by atoms with Crippen LogP contribution in [-0.2, 0) is 14.4 Å². The van der Waals surface area contributed by atoms with Crippen molar-refractivity contribution >= 4 is 18.1 Å². The van der Waals surface area contributed by atoms with Crippen molar-refractivity contribution in [3.8, 4) is 5.75 Å². The number of ether oxygens (including phenoxy) is 1. The fraction of sp³-hybridized carbons (Fsp3) is 0.526. The average molecular weight is 379 g/mol. The maximum absolute atomic E-state index is 12.3. The number of carbonyl (C=O) groups excluding carboxylic acids is 3. The molecule has 1 rings (SSSR count). The van der Waals surface area contributed by atoms with Gasteiger partial charge in [-0.05, 0) is 24.1 Å². The number of carbonyl (C=O) groups is 3. The Morgan fingerprint density at radius 2 is 2.00 bits per heavy atom. The Bertz CT molecular complexity index is 606. The highest BCUT2D eigenvalue weighted by Crippen LogP contribution is 2.18. The van der Waals surface area contributed by atoms with Gasteiger partial charge in [0, 0.05) is 12.5 Å². The molecule has 2 amide bonds. The third-order valence-corrected chi connectivity index (χ3v) is 4.26. The van der Waals surface area contributed by atoms with Crippen LogP contribution in [0.25, 0.3) is 0 Å². The lowest BCUT2D eigenvalue weighted by Crippen LogP contribution is -2.40. The molecule has 150 valence electrons. The van der Waals surface area contributed by atoms with Gasteiger partial charge in [0.1, 0.15) is 5.75 Å². The van der Waals surface area contributed by atoms with Crippen molar-refractivity contribution in [1.29, 1.82) is 0 Å². The van der Waals surface area contributed by atoms with Crippen LogP contribution in [0.5, 0.6) is 5.75 Å². The second-order valence-electron chi connectivity index (χ2n) is 6.41. The molecular weight excluding hydrogens is 350 g/mol. The molecule has 27 heavy (non-hydrogen) atoms. The minimum Gasteiger partial charge on any atom is -0.497 e. The maximum atomic E-state index is 12.3. The van der Waals surface area contributed by atoms with Crippen LogP contribution < -0.4 is 15.8 Å². The molecule has 0 fully saturated rings. The number of amides is 2. The number of Topliss-reactive ketones (excluding diaryl/α,β-unsaturated/α-hetero) is 1.